The van der Waals surface area contributed by atoms with Crippen LogP contribution in [-0.4, -0.2) is 15.2 Å². The van der Waals surface area contributed by atoms with Crippen LogP contribution in [0.15, 0.2) is 108 Å². The molecule has 262 valence electrons. The van der Waals surface area contributed by atoms with Gasteiger partial charge in [-0.2, -0.15) is 5.26 Å². The Kier molecular flexibility index (Phi) is 7.12. The Labute approximate surface area is 313 Å². The Morgan fingerprint density at radius 3 is 1.85 bits per heavy atom. The zero-order valence-electron chi connectivity index (χ0n) is 31.6. The van der Waals surface area contributed by atoms with Gasteiger partial charge in [0, 0.05) is 33.8 Å². The summed E-state index contributed by atoms with van der Waals surface area (Å²) in [5, 5.41) is 13.4. The zero-order chi connectivity index (χ0) is 36.3. The van der Waals surface area contributed by atoms with E-state index in [0.717, 1.165) is 36.3 Å². The van der Waals surface area contributed by atoms with Gasteiger partial charge in [-0.15, -0.1) is 0 Å². The van der Waals surface area contributed by atoms with Gasteiger partial charge in [0.15, 0.2) is 0 Å². The second-order valence-corrected chi connectivity index (χ2v) is 16.6. The van der Waals surface area contributed by atoms with Crippen LogP contribution in [0.3, 0.4) is 0 Å². The molecule has 4 heteroatoms. The fourth-order valence-corrected chi connectivity index (χ4v) is 10.0. The molecule has 5 atom stereocenters. The Morgan fingerprint density at radius 2 is 1.23 bits per heavy atom. The van der Waals surface area contributed by atoms with Crippen LogP contribution in [0.2, 0.25) is 0 Å². The van der Waals surface area contributed by atoms with E-state index in [1.807, 2.05) is 0 Å². The number of benzene rings is 3. The molecule has 0 saturated carbocycles. The van der Waals surface area contributed by atoms with Crippen LogP contribution < -0.4 is 4.90 Å². The first-order valence-electron chi connectivity index (χ1n) is 19.5. The first-order chi connectivity index (χ1) is 25.7. The summed E-state index contributed by atoms with van der Waals surface area (Å²) in [6.07, 6.45) is 24.5. The zero-order valence-corrected chi connectivity index (χ0v) is 31.6. The summed E-state index contributed by atoms with van der Waals surface area (Å²) in [4.78, 5) is 2.58. The number of allylic oxidation sites excluding steroid dienone is 6. The molecule has 2 aromatic heterocycles. The summed E-state index contributed by atoms with van der Waals surface area (Å²) in [6.45, 7) is 13.6. The average molecular weight is 691 g/mol. The Bertz CT molecular complexity index is 2550. The van der Waals surface area contributed by atoms with Gasteiger partial charge in [0.25, 0.3) is 0 Å². The summed E-state index contributed by atoms with van der Waals surface area (Å²) in [5.74, 6) is 1.73. The maximum absolute atomic E-state index is 10.9. The van der Waals surface area contributed by atoms with Crippen molar-refractivity contribution in [2.45, 2.75) is 66.8 Å². The highest BCUT2D eigenvalue weighted by Crippen LogP contribution is 2.51. The Morgan fingerprint density at radius 1 is 0.642 bits per heavy atom. The summed E-state index contributed by atoms with van der Waals surface area (Å²) < 4.78 is 5.03. The average Bonchev–Trinajstić information content (AvgIpc) is 3.75. The fourth-order valence-electron chi connectivity index (χ4n) is 10.0. The van der Waals surface area contributed by atoms with Crippen LogP contribution >= 0.6 is 0 Å². The van der Waals surface area contributed by atoms with Crippen molar-refractivity contribution in [1.82, 2.24) is 9.13 Å². The van der Waals surface area contributed by atoms with E-state index in [-0.39, 0.29) is 12.0 Å². The molecule has 3 aromatic carbocycles. The molecule has 0 radical (unpaired) electrons. The smallest absolute Gasteiger partial charge is 0.0993 e. The molecule has 5 aliphatic rings. The Hall–Kier alpha value is -5.53. The number of fused-ring (bicyclic) bond motifs is 8. The highest BCUT2D eigenvalue weighted by molar-refractivity contribution is 6.10. The molecule has 0 bridgehead atoms. The molecule has 4 aliphatic carbocycles. The summed E-state index contributed by atoms with van der Waals surface area (Å²) >= 11 is 0. The summed E-state index contributed by atoms with van der Waals surface area (Å²) in [6, 6.07) is 20.9. The van der Waals surface area contributed by atoms with Gasteiger partial charge < -0.3 is 14.0 Å². The first-order valence-corrected chi connectivity index (χ1v) is 19.5. The Balaban J connectivity index is 1.38. The number of anilines is 1. The third kappa shape index (κ3) is 4.79. The molecule has 0 N–H and O–H groups in total. The van der Waals surface area contributed by atoms with Crippen molar-refractivity contribution >= 4 is 39.6 Å². The highest BCUT2D eigenvalue weighted by Gasteiger charge is 2.42. The van der Waals surface area contributed by atoms with Gasteiger partial charge in [0.1, 0.15) is 0 Å². The molecule has 0 spiro atoms. The highest BCUT2D eigenvalue weighted by atomic mass is 15.2. The SMILES string of the molecule is CC1=CC2C3=C(C=CC(C)C3)N(c3cc(C#N)cc(-n4c5c(c6c4C=CC(C)C6)CC(C)C=C5)c3-n3c4ccc(C)cc4c4cc(C)ccc43)C2C=C1. The molecule has 0 fully saturated rings. The number of hydrogen-bond donors (Lipinski definition) is 0. The van der Waals surface area contributed by atoms with Crippen LogP contribution in [0.25, 0.3) is 45.3 Å². The minimum Gasteiger partial charge on any atom is -0.332 e. The summed E-state index contributed by atoms with van der Waals surface area (Å²) in [5.41, 5.74) is 18.3. The number of nitrogens with zero attached hydrogens (tertiary/aromatic N) is 4. The maximum Gasteiger partial charge on any atom is 0.0993 e. The van der Waals surface area contributed by atoms with E-state index in [9.17, 15) is 5.26 Å². The minimum absolute atomic E-state index is 0.116. The third-order valence-corrected chi connectivity index (χ3v) is 12.5. The van der Waals surface area contributed by atoms with Gasteiger partial charge in [0.2, 0.25) is 0 Å². The van der Waals surface area contributed by atoms with Crippen molar-refractivity contribution in [3.05, 3.63) is 147 Å². The third-order valence-electron chi connectivity index (χ3n) is 12.5. The van der Waals surface area contributed by atoms with E-state index in [0.29, 0.717) is 23.3 Å². The number of aryl methyl sites for hydroxylation is 2. The van der Waals surface area contributed by atoms with E-state index in [4.69, 9.17) is 0 Å². The van der Waals surface area contributed by atoms with Gasteiger partial charge in [0.05, 0.1) is 45.8 Å². The fraction of sp³-hybridized carbons (Fsp3) is 0.286. The van der Waals surface area contributed by atoms with Gasteiger partial charge in [-0.3, -0.25) is 0 Å². The molecule has 0 saturated heterocycles. The molecule has 5 unspecified atom stereocenters. The minimum atomic E-state index is 0.116. The van der Waals surface area contributed by atoms with Crippen molar-refractivity contribution < 1.29 is 0 Å². The quantitative estimate of drug-likeness (QED) is 0.189. The van der Waals surface area contributed by atoms with Crippen molar-refractivity contribution in [2.24, 2.45) is 23.7 Å². The van der Waals surface area contributed by atoms with Gasteiger partial charge in [-0.1, -0.05) is 86.1 Å². The lowest BCUT2D eigenvalue weighted by Gasteiger charge is -2.34. The van der Waals surface area contributed by atoms with E-state index in [2.05, 4.69) is 165 Å². The second kappa shape index (κ2) is 11.7. The molecule has 3 heterocycles. The topological polar surface area (TPSA) is 36.9 Å². The molecular formula is C49H46N4. The molecule has 0 amide bonds. The largest absolute Gasteiger partial charge is 0.332 e. The van der Waals surface area contributed by atoms with Gasteiger partial charge >= 0.3 is 0 Å². The predicted octanol–water partition coefficient (Wildman–Crippen LogP) is 11.6. The monoisotopic (exact) mass is 690 g/mol. The van der Waals surface area contributed by atoms with Crippen LogP contribution in [0, 0.1) is 48.9 Å². The first kappa shape index (κ1) is 32.1. The molecule has 5 aromatic rings. The lowest BCUT2D eigenvalue weighted by molar-refractivity contribution is 0.612. The van der Waals surface area contributed by atoms with E-state index < -0.39 is 0 Å². The number of hydrogen-bond acceptors (Lipinski definition) is 2. The van der Waals surface area contributed by atoms with Crippen molar-refractivity contribution in [3.8, 4) is 17.4 Å². The van der Waals surface area contributed by atoms with Crippen molar-refractivity contribution in [3.63, 3.8) is 0 Å². The molecule has 1 aliphatic heterocycles. The van der Waals surface area contributed by atoms with Crippen molar-refractivity contribution in [2.75, 3.05) is 4.90 Å². The van der Waals surface area contributed by atoms with Crippen LogP contribution in [-0.2, 0) is 12.8 Å². The predicted molar refractivity (Wildman–Crippen MR) is 221 cm³/mol. The summed E-state index contributed by atoms with van der Waals surface area (Å²) in [7, 11) is 0. The van der Waals surface area contributed by atoms with E-state index in [1.165, 1.54) is 72.3 Å². The normalized spacial score (nSPS) is 24.1. The number of rotatable bonds is 3. The lowest BCUT2D eigenvalue weighted by atomic mass is 9.82. The standard InChI is InChI=1S/C49H46N4/c1-28-7-13-41-35(19-28)36-20-29(2)8-14-42(36)51(41)47-25-34(27-50)26-48(52-43-15-9-30(3)21-37(43)38-22-31(4)10-16-44(38)52)49(47)53-45-17-11-32(5)23-39(45)40-24-33(6)12-18-46(40)53/h7-19,23-26,29-31,35,41H,20-22H2,1-6H3. The molecular weight excluding hydrogens is 645 g/mol. The molecule has 53 heavy (non-hydrogen) atoms. The van der Waals surface area contributed by atoms with E-state index >= 15 is 0 Å². The number of nitriles is 1. The van der Waals surface area contributed by atoms with Crippen LogP contribution in [0.4, 0.5) is 5.69 Å². The second-order valence-electron chi connectivity index (χ2n) is 16.6. The van der Waals surface area contributed by atoms with Crippen LogP contribution in [0.5, 0.6) is 0 Å². The maximum atomic E-state index is 10.9. The van der Waals surface area contributed by atoms with Gasteiger partial charge in [-0.05, 0) is 129 Å². The number of aromatic nitrogens is 2. The lowest BCUT2D eigenvalue weighted by Crippen LogP contribution is -2.34. The van der Waals surface area contributed by atoms with E-state index in [1.54, 1.807) is 0 Å². The van der Waals surface area contributed by atoms with Crippen LogP contribution in [0.1, 0.15) is 73.3 Å². The van der Waals surface area contributed by atoms with Gasteiger partial charge in [-0.25, -0.2) is 0 Å². The molecule has 10 rings (SSSR count). The molecule has 4 nitrogen and oxygen atoms in total. The van der Waals surface area contributed by atoms with Crippen molar-refractivity contribution in [1.29, 1.82) is 5.26 Å².